The van der Waals surface area contributed by atoms with Gasteiger partial charge in [-0.05, 0) is 60.9 Å². The topological polar surface area (TPSA) is 49.3 Å². The average molecular weight is 401 g/mol. The van der Waals surface area contributed by atoms with Crippen LogP contribution >= 0.6 is 11.6 Å². The van der Waals surface area contributed by atoms with Crippen LogP contribution < -0.4 is 4.90 Å². The molecule has 5 rings (SSSR count). The van der Waals surface area contributed by atoms with E-state index in [-0.39, 0.29) is 23.7 Å². The second-order valence-corrected chi connectivity index (χ2v) is 8.60. The molecule has 3 aliphatic rings. The molecule has 1 aromatic heterocycles. The lowest BCUT2D eigenvalue weighted by Crippen LogP contribution is -2.57. The van der Waals surface area contributed by atoms with Crippen molar-refractivity contribution in [1.29, 1.82) is 0 Å². The quantitative estimate of drug-likeness (QED) is 0.787. The van der Waals surface area contributed by atoms with Gasteiger partial charge >= 0.3 is 0 Å². The standard InChI is InChI=1S/C21H22ClFN4O/c22-18-5-6-19(25-24-18)26-9-10-27(21(13-26)7-8-21)20(28)12-14-1-4-16(15-2-3-15)17(23)11-14/h1,4-6,11,15H,2-3,7-10,12-13H2. The van der Waals surface area contributed by atoms with Crippen molar-refractivity contribution >= 4 is 23.3 Å². The Kier molecular flexibility index (Phi) is 4.27. The van der Waals surface area contributed by atoms with E-state index >= 15 is 0 Å². The third kappa shape index (κ3) is 3.34. The van der Waals surface area contributed by atoms with Crippen LogP contribution in [0.15, 0.2) is 30.3 Å². The molecule has 0 N–H and O–H groups in total. The number of carbonyl (C=O) groups excluding carboxylic acids is 1. The van der Waals surface area contributed by atoms with Crippen molar-refractivity contribution in [1.82, 2.24) is 15.1 Å². The van der Waals surface area contributed by atoms with E-state index in [1.807, 2.05) is 23.1 Å². The summed E-state index contributed by atoms with van der Waals surface area (Å²) >= 11 is 5.83. The summed E-state index contributed by atoms with van der Waals surface area (Å²) in [7, 11) is 0. The maximum atomic E-state index is 14.3. The SMILES string of the molecule is O=C(Cc1ccc(C2CC2)c(F)c1)N1CCN(c2ccc(Cl)nn2)CC12CC2. The Balaban J connectivity index is 1.27. The molecule has 3 fully saturated rings. The van der Waals surface area contributed by atoms with E-state index in [0.717, 1.165) is 49.2 Å². The Morgan fingerprint density at radius 1 is 1.18 bits per heavy atom. The van der Waals surface area contributed by atoms with Crippen molar-refractivity contribution in [2.75, 3.05) is 24.5 Å². The van der Waals surface area contributed by atoms with Gasteiger partial charge in [0.05, 0.1) is 12.0 Å². The first-order valence-electron chi connectivity index (χ1n) is 9.87. The summed E-state index contributed by atoms with van der Waals surface area (Å²) in [5.41, 5.74) is 1.43. The molecule has 146 valence electrons. The largest absolute Gasteiger partial charge is 0.351 e. The van der Waals surface area contributed by atoms with Crippen molar-refractivity contribution in [3.63, 3.8) is 0 Å². The van der Waals surface area contributed by atoms with Gasteiger partial charge in [0.15, 0.2) is 11.0 Å². The number of rotatable bonds is 4. The molecule has 1 amide bonds. The molecule has 2 heterocycles. The summed E-state index contributed by atoms with van der Waals surface area (Å²) in [6.45, 7) is 2.11. The fraction of sp³-hybridized carbons (Fsp3) is 0.476. The molecule has 0 radical (unpaired) electrons. The van der Waals surface area contributed by atoms with Crippen molar-refractivity contribution in [2.24, 2.45) is 0 Å². The smallest absolute Gasteiger partial charge is 0.227 e. The van der Waals surface area contributed by atoms with Gasteiger partial charge in [-0.2, -0.15) is 0 Å². The van der Waals surface area contributed by atoms with E-state index in [9.17, 15) is 9.18 Å². The normalized spacial score (nSPS) is 20.5. The Morgan fingerprint density at radius 3 is 2.64 bits per heavy atom. The highest BCUT2D eigenvalue weighted by Crippen LogP contribution is 2.45. The zero-order chi connectivity index (χ0) is 19.3. The Morgan fingerprint density at radius 2 is 2.00 bits per heavy atom. The third-order valence-corrected chi connectivity index (χ3v) is 6.36. The number of benzene rings is 1. The zero-order valence-electron chi connectivity index (χ0n) is 15.6. The van der Waals surface area contributed by atoms with E-state index in [4.69, 9.17) is 11.6 Å². The van der Waals surface area contributed by atoms with Gasteiger partial charge in [-0.15, -0.1) is 10.2 Å². The van der Waals surface area contributed by atoms with Crippen LogP contribution in [0.25, 0.3) is 0 Å². The second-order valence-electron chi connectivity index (χ2n) is 8.21. The summed E-state index contributed by atoms with van der Waals surface area (Å²) in [6, 6.07) is 8.92. The molecule has 2 aromatic rings. The molecule has 1 spiro atoms. The van der Waals surface area contributed by atoms with Crippen molar-refractivity contribution in [3.8, 4) is 0 Å². The van der Waals surface area contributed by atoms with Crippen LogP contribution in [0.4, 0.5) is 10.2 Å². The molecule has 0 atom stereocenters. The zero-order valence-corrected chi connectivity index (χ0v) is 16.3. The molecule has 2 saturated carbocycles. The summed E-state index contributed by atoms with van der Waals surface area (Å²) in [5, 5.41) is 8.46. The van der Waals surface area contributed by atoms with Gasteiger partial charge in [0, 0.05) is 19.6 Å². The Bertz CT molecular complexity index is 911. The fourth-order valence-electron chi connectivity index (χ4n) is 4.29. The number of hydrogen-bond acceptors (Lipinski definition) is 4. The van der Waals surface area contributed by atoms with Gasteiger partial charge in [-0.3, -0.25) is 4.79 Å². The predicted molar refractivity (Wildman–Crippen MR) is 105 cm³/mol. The van der Waals surface area contributed by atoms with Crippen LogP contribution in [0.3, 0.4) is 0 Å². The third-order valence-electron chi connectivity index (χ3n) is 6.16. The van der Waals surface area contributed by atoms with Gasteiger partial charge in [0.2, 0.25) is 5.91 Å². The van der Waals surface area contributed by atoms with E-state index in [1.165, 1.54) is 0 Å². The number of halogens is 2. The fourth-order valence-corrected chi connectivity index (χ4v) is 4.39. The molecule has 28 heavy (non-hydrogen) atoms. The van der Waals surface area contributed by atoms with Crippen LogP contribution in [0.2, 0.25) is 5.15 Å². The second kappa shape index (κ2) is 6.69. The molecular weight excluding hydrogens is 379 g/mol. The maximum Gasteiger partial charge on any atom is 0.227 e. The molecular formula is C21H22ClFN4O. The van der Waals surface area contributed by atoms with E-state index in [1.54, 1.807) is 12.1 Å². The van der Waals surface area contributed by atoms with Crippen molar-refractivity contribution in [2.45, 2.75) is 43.6 Å². The molecule has 0 bridgehead atoms. The van der Waals surface area contributed by atoms with Gasteiger partial charge in [0.1, 0.15) is 5.82 Å². The highest BCUT2D eigenvalue weighted by Gasteiger charge is 2.53. The number of aromatic nitrogens is 2. The highest BCUT2D eigenvalue weighted by molar-refractivity contribution is 6.29. The molecule has 0 unspecified atom stereocenters. The number of carbonyl (C=O) groups is 1. The molecule has 5 nitrogen and oxygen atoms in total. The van der Waals surface area contributed by atoms with Gasteiger partial charge in [0.25, 0.3) is 0 Å². The van der Waals surface area contributed by atoms with Crippen LogP contribution in [-0.2, 0) is 11.2 Å². The summed E-state index contributed by atoms with van der Waals surface area (Å²) in [4.78, 5) is 17.2. The minimum atomic E-state index is -0.167. The summed E-state index contributed by atoms with van der Waals surface area (Å²) < 4.78 is 14.3. The van der Waals surface area contributed by atoms with E-state index < -0.39 is 0 Å². The van der Waals surface area contributed by atoms with E-state index in [0.29, 0.717) is 24.2 Å². The first-order valence-corrected chi connectivity index (χ1v) is 10.2. The average Bonchev–Trinajstić information content (AvgIpc) is 3.60. The Hall–Kier alpha value is -2.21. The number of anilines is 1. The van der Waals surface area contributed by atoms with E-state index in [2.05, 4.69) is 15.1 Å². The van der Waals surface area contributed by atoms with Crippen LogP contribution in [-0.4, -0.2) is 46.2 Å². The Labute approximate surface area is 168 Å². The monoisotopic (exact) mass is 400 g/mol. The lowest BCUT2D eigenvalue weighted by molar-refractivity contribution is -0.134. The predicted octanol–water partition coefficient (Wildman–Crippen LogP) is 3.57. The minimum absolute atomic E-state index is 0.0814. The van der Waals surface area contributed by atoms with Crippen LogP contribution in [0.1, 0.15) is 42.7 Å². The minimum Gasteiger partial charge on any atom is -0.351 e. The van der Waals surface area contributed by atoms with Crippen LogP contribution in [0.5, 0.6) is 0 Å². The molecule has 1 saturated heterocycles. The van der Waals surface area contributed by atoms with Crippen molar-refractivity contribution < 1.29 is 9.18 Å². The molecule has 2 aliphatic carbocycles. The first kappa shape index (κ1) is 17.9. The number of piperazine rings is 1. The molecule has 1 aliphatic heterocycles. The number of amides is 1. The van der Waals surface area contributed by atoms with Gasteiger partial charge < -0.3 is 9.80 Å². The molecule has 1 aromatic carbocycles. The lowest BCUT2D eigenvalue weighted by Gasteiger charge is -2.42. The molecule has 7 heteroatoms. The first-order chi connectivity index (χ1) is 13.5. The van der Waals surface area contributed by atoms with Crippen molar-refractivity contribution in [3.05, 3.63) is 52.4 Å². The lowest BCUT2D eigenvalue weighted by atomic mass is 10.0. The number of hydrogen-bond donors (Lipinski definition) is 0. The highest BCUT2D eigenvalue weighted by atomic mass is 35.5. The number of nitrogens with zero attached hydrogens (tertiary/aromatic N) is 4. The summed E-state index contributed by atoms with van der Waals surface area (Å²) in [5.74, 6) is 1.09. The van der Waals surface area contributed by atoms with Gasteiger partial charge in [-0.1, -0.05) is 23.7 Å². The maximum absolute atomic E-state index is 14.3. The van der Waals surface area contributed by atoms with Gasteiger partial charge in [-0.25, -0.2) is 4.39 Å². The van der Waals surface area contributed by atoms with Crippen LogP contribution in [0, 0.1) is 5.82 Å². The summed E-state index contributed by atoms with van der Waals surface area (Å²) in [6.07, 6.45) is 4.38.